The van der Waals surface area contributed by atoms with E-state index in [-0.39, 0.29) is 12.7 Å². The minimum absolute atomic E-state index is 0.107. The van der Waals surface area contributed by atoms with Crippen LogP contribution >= 0.6 is 0 Å². The molecule has 0 aromatic rings. The van der Waals surface area contributed by atoms with Crippen LogP contribution in [-0.4, -0.2) is 47.6 Å². The van der Waals surface area contributed by atoms with E-state index in [1.54, 1.807) is 0 Å². The molecule has 6 nitrogen and oxygen atoms in total. The van der Waals surface area contributed by atoms with Gasteiger partial charge < -0.3 is 19.7 Å². The summed E-state index contributed by atoms with van der Waals surface area (Å²) in [5.41, 5.74) is 0. The van der Waals surface area contributed by atoms with Gasteiger partial charge in [0, 0.05) is 6.61 Å². The maximum absolute atomic E-state index is 10.7. The second-order valence-corrected chi connectivity index (χ2v) is 3.75. The standard InChI is InChI=1S/C10H16O6/c11-9(12)5-8(10(13)14)16-6-7-3-1-2-4-15-7/h7-8H,1-6H2,(H,11,12)(H,13,14). The lowest BCUT2D eigenvalue weighted by Gasteiger charge is -2.23. The molecule has 0 saturated carbocycles. The van der Waals surface area contributed by atoms with Crippen molar-refractivity contribution < 1.29 is 29.3 Å². The van der Waals surface area contributed by atoms with Crippen molar-refractivity contribution in [3.63, 3.8) is 0 Å². The molecule has 0 amide bonds. The summed E-state index contributed by atoms with van der Waals surface area (Å²) >= 11 is 0. The Morgan fingerprint density at radius 2 is 2.12 bits per heavy atom. The molecule has 0 aromatic heterocycles. The highest BCUT2D eigenvalue weighted by atomic mass is 16.5. The maximum atomic E-state index is 10.7. The summed E-state index contributed by atoms with van der Waals surface area (Å²) in [6.07, 6.45) is 0.951. The quantitative estimate of drug-likeness (QED) is 0.692. The van der Waals surface area contributed by atoms with Gasteiger partial charge in [0.2, 0.25) is 0 Å². The Kier molecular flexibility index (Phi) is 5.21. The first-order chi connectivity index (χ1) is 7.59. The van der Waals surface area contributed by atoms with E-state index in [0.29, 0.717) is 6.61 Å². The number of hydrogen-bond acceptors (Lipinski definition) is 4. The van der Waals surface area contributed by atoms with Gasteiger partial charge in [-0.05, 0) is 19.3 Å². The van der Waals surface area contributed by atoms with Crippen LogP contribution in [0.1, 0.15) is 25.7 Å². The molecule has 2 unspecified atom stereocenters. The molecule has 1 saturated heterocycles. The molecule has 0 radical (unpaired) electrons. The van der Waals surface area contributed by atoms with Crippen LogP contribution in [0.3, 0.4) is 0 Å². The summed E-state index contributed by atoms with van der Waals surface area (Å²) in [7, 11) is 0. The van der Waals surface area contributed by atoms with Gasteiger partial charge in [0.25, 0.3) is 0 Å². The van der Waals surface area contributed by atoms with Crippen molar-refractivity contribution in [2.45, 2.75) is 37.9 Å². The van der Waals surface area contributed by atoms with Gasteiger partial charge >= 0.3 is 11.9 Å². The Morgan fingerprint density at radius 1 is 1.38 bits per heavy atom. The molecule has 16 heavy (non-hydrogen) atoms. The molecular formula is C10H16O6. The van der Waals surface area contributed by atoms with E-state index in [1.807, 2.05) is 0 Å². The molecule has 1 heterocycles. The normalized spacial score (nSPS) is 22.6. The number of ether oxygens (including phenoxy) is 2. The fourth-order valence-corrected chi connectivity index (χ4v) is 1.54. The van der Waals surface area contributed by atoms with E-state index in [4.69, 9.17) is 19.7 Å². The third-order valence-corrected chi connectivity index (χ3v) is 2.39. The van der Waals surface area contributed by atoms with Crippen LogP contribution in [0.5, 0.6) is 0 Å². The average molecular weight is 232 g/mol. The van der Waals surface area contributed by atoms with Crippen molar-refractivity contribution in [2.24, 2.45) is 0 Å². The molecule has 2 atom stereocenters. The second-order valence-electron chi connectivity index (χ2n) is 3.75. The molecule has 1 fully saturated rings. The highest BCUT2D eigenvalue weighted by Crippen LogP contribution is 2.14. The summed E-state index contributed by atoms with van der Waals surface area (Å²) < 4.78 is 10.4. The molecule has 0 spiro atoms. The summed E-state index contributed by atoms with van der Waals surface area (Å²) in [4.78, 5) is 21.1. The Bertz CT molecular complexity index is 246. The summed E-state index contributed by atoms with van der Waals surface area (Å²) in [5.74, 6) is -2.44. The van der Waals surface area contributed by atoms with Crippen molar-refractivity contribution in [1.29, 1.82) is 0 Å². The predicted molar refractivity (Wildman–Crippen MR) is 53.2 cm³/mol. The van der Waals surface area contributed by atoms with Crippen LogP contribution in [-0.2, 0) is 19.1 Å². The smallest absolute Gasteiger partial charge is 0.333 e. The SMILES string of the molecule is O=C(O)CC(OCC1CCCCO1)C(=O)O. The lowest BCUT2D eigenvalue weighted by atomic mass is 10.1. The van der Waals surface area contributed by atoms with Gasteiger partial charge in [0.05, 0.1) is 19.1 Å². The first kappa shape index (κ1) is 12.9. The van der Waals surface area contributed by atoms with Gasteiger partial charge in [-0.25, -0.2) is 4.79 Å². The van der Waals surface area contributed by atoms with Crippen LogP contribution in [0, 0.1) is 0 Å². The first-order valence-corrected chi connectivity index (χ1v) is 5.27. The number of rotatable bonds is 6. The van der Waals surface area contributed by atoms with E-state index in [1.165, 1.54) is 0 Å². The van der Waals surface area contributed by atoms with Crippen molar-refractivity contribution in [3.8, 4) is 0 Å². The third kappa shape index (κ3) is 4.59. The van der Waals surface area contributed by atoms with E-state index < -0.39 is 24.5 Å². The predicted octanol–water partition coefficient (Wildman–Crippen LogP) is 0.500. The Balaban J connectivity index is 2.30. The fourth-order valence-electron chi connectivity index (χ4n) is 1.54. The van der Waals surface area contributed by atoms with Gasteiger partial charge in [-0.15, -0.1) is 0 Å². The molecule has 0 bridgehead atoms. The largest absolute Gasteiger partial charge is 0.481 e. The molecule has 92 valence electrons. The molecule has 0 aromatic carbocycles. The van der Waals surface area contributed by atoms with Gasteiger partial charge in [-0.1, -0.05) is 0 Å². The topological polar surface area (TPSA) is 93.1 Å². The van der Waals surface area contributed by atoms with E-state index >= 15 is 0 Å². The molecule has 6 heteroatoms. The minimum Gasteiger partial charge on any atom is -0.481 e. The minimum atomic E-state index is -1.29. The van der Waals surface area contributed by atoms with Crippen LogP contribution in [0.4, 0.5) is 0 Å². The van der Waals surface area contributed by atoms with Gasteiger partial charge in [0.1, 0.15) is 0 Å². The monoisotopic (exact) mass is 232 g/mol. The zero-order valence-electron chi connectivity index (χ0n) is 8.92. The van der Waals surface area contributed by atoms with Crippen LogP contribution in [0.2, 0.25) is 0 Å². The highest BCUT2D eigenvalue weighted by Gasteiger charge is 2.24. The Labute approximate surface area is 93.2 Å². The molecule has 2 N–H and O–H groups in total. The van der Waals surface area contributed by atoms with Gasteiger partial charge in [0.15, 0.2) is 6.10 Å². The Hall–Kier alpha value is -1.14. The highest BCUT2D eigenvalue weighted by molar-refractivity contribution is 5.79. The van der Waals surface area contributed by atoms with Gasteiger partial charge in [-0.2, -0.15) is 0 Å². The number of carboxylic acids is 2. The molecule has 0 aliphatic carbocycles. The zero-order valence-corrected chi connectivity index (χ0v) is 8.92. The first-order valence-electron chi connectivity index (χ1n) is 5.27. The van der Waals surface area contributed by atoms with E-state index in [9.17, 15) is 9.59 Å². The number of carbonyl (C=O) groups is 2. The van der Waals surface area contributed by atoms with E-state index in [0.717, 1.165) is 19.3 Å². The van der Waals surface area contributed by atoms with Crippen molar-refractivity contribution >= 4 is 11.9 Å². The van der Waals surface area contributed by atoms with Crippen molar-refractivity contribution in [2.75, 3.05) is 13.2 Å². The van der Waals surface area contributed by atoms with E-state index in [2.05, 4.69) is 0 Å². The zero-order chi connectivity index (χ0) is 12.0. The average Bonchev–Trinajstić information content (AvgIpc) is 2.25. The van der Waals surface area contributed by atoms with Crippen LogP contribution in [0.25, 0.3) is 0 Å². The number of aliphatic carboxylic acids is 2. The second kappa shape index (κ2) is 6.44. The molecular weight excluding hydrogens is 216 g/mol. The third-order valence-electron chi connectivity index (χ3n) is 2.39. The summed E-state index contributed by atoms with van der Waals surface area (Å²) in [6, 6.07) is 0. The molecule has 1 aliphatic rings. The van der Waals surface area contributed by atoms with Crippen molar-refractivity contribution in [1.82, 2.24) is 0 Å². The lowest BCUT2D eigenvalue weighted by Crippen LogP contribution is -2.32. The fraction of sp³-hybridized carbons (Fsp3) is 0.800. The van der Waals surface area contributed by atoms with Crippen molar-refractivity contribution in [3.05, 3.63) is 0 Å². The number of hydrogen-bond donors (Lipinski definition) is 2. The lowest BCUT2D eigenvalue weighted by molar-refractivity contribution is -0.160. The Morgan fingerprint density at radius 3 is 2.62 bits per heavy atom. The van der Waals surface area contributed by atoms with Crippen LogP contribution < -0.4 is 0 Å². The maximum Gasteiger partial charge on any atom is 0.333 e. The summed E-state index contributed by atoms with van der Waals surface area (Å²) in [5, 5.41) is 17.2. The molecule has 1 rings (SSSR count). The van der Waals surface area contributed by atoms with Crippen LogP contribution in [0.15, 0.2) is 0 Å². The molecule has 1 aliphatic heterocycles. The number of carboxylic acid groups (broad SMARTS) is 2. The van der Waals surface area contributed by atoms with Gasteiger partial charge in [-0.3, -0.25) is 4.79 Å². The summed E-state index contributed by atoms with van der Waals surface area (Å²) in [6.45, 7) is 0.801.